The molecule has 24 nitrogen and oxygen atoms in total. The summed E-state index contributed by atoms with van der Waals surface area (Å²) in [6, 6.07) is 0. The highest BCUT2D eigenvalue weighted by atomic mass is 16.8. The zero-order valence-electron chi connectivity index (χ0n) is 42.5. The lowest BCUT2D eigenvalue weighted by atomic mass is 9.45. The van der Waals surface area contributed by atoms with Crippen LogP contribution in [0.2, 0.25) is 0 Å². The molecule has 0 aromatic rings. The lowest BCUT2D eigenvalue weighted by molar-refractivity contribution is -0.393. The second-order valence-electron chi connectivity index (χ2n) is 23.8. The average molecular weight is 1070 g/mol. The van der Waals surface area contributed by atoms with Crippen molar-refractivity contribution in [2.24, 2.45) is 46.3 Å². The standard InChI is InChI=1S/C50H80O24/c1-16-14-66-50(43(64)40(16)71-45-38(62)35(59)31(55)18(3)67-45)17(2)30-26(74-50)11-23-22-8-7-20-9-21(52)10-29(48(20,5)24(22)12-28(54)49(23,30)6)70-47-42(73-46-39(63)36(60)32(56)19(4)68-46)41(34(58)27(13-51)69-47)72-44-37(61)33(57)25(53)15-65-44/h7,16-19,21-47,51-64H,8-15H2,1-6H3/t16-,17+,18-,19+,21-,22-,23+,24+,25-,26+,27-,28-,29-,30+,31+,32+,33+,34-,35+,36-,37-,38-,39-,40+,41+,42-,43+,44+,45+,46+,47+,48+,49-,50+/m1/s1. The van der Waals surface area contributed by atoms with E-state index in [0.717, 1.165) is 5.57 Å². The van der Waals surface area contributed by atoms with E-state index in [9.17, 15) is 71.5 Å². The van der Waals surface area contributed by atoms with Crippen LogP contribution in [0.4, 0.5) is 0 Å². The van der Waals surface area contributed by atoms with E-state index in [-0.39, 0.29) is 43.1 Å². The first kappa shape index (κ1) is 56.1. The van der Waals surface area contributed by atoms with Gasteiger partial charge in [0.15, 0.2) is 30.9 Å². The lowest BCUT2D eigenvalue weighted by Crippen LogP contribution is -2.67. The molecular weight excluding hydrogens is 985 g/mol. The number of aliphatic hydroxyl groups is 14. The predicted molar refractivity (Wildman–Crippen MR) is 245 cm³/mol. The Morgan fingerprint density at radius 2 is 1.22 bits per heavy atom. The Kier molecular flexibility index (Phi) is 15.7. The maximum atomic E-state index is 12.8. The van der Waals surface area contributed by atoms with Crippen LogP contribution >= 0.6 is 0 Å². The fourth-order valence-electron chi connectivity index (χ4n) is 15.4. The fraction of sp³-hybridized carbons (Fsp3) is 0.960. The van der Waals surface area contributed by atoms with E-state index in [0.29, 0.717) is 19.3 Å². The molecule has 74 heavy (non-hydrogen) atoms. The van der Waals surface area contributed by atoms with Gasteiger partial charge in [-0.1, -0.05) is 39.3 Å². The number of hydrogen-bond acceptors (Lipinski definition) is 24. The molecule has 14 N–H and O–H groups in total. The van der Waals surface area contributed by atoms with E-state index < -0.39 is 195 Å². The summed E-state index contributed by atoms with van der Waals surface area (Å²) >= 11 is 0. The van der Waals surface area contributed by atoms with Crippen LogP contribution in [-0.2, 0) is 47.4 Å². The van der Waals surface area contributed by atoms with E-state index in [1.54, 1.807) is 6.92 Å². The van der Waals surface area contributed by atoms with Gasteiger partial charge < -0.3 is 119 Å². The zero-order chi connectivity index (χ0) is 53.4. The molecule has 24 heteroatoms. The number of ether oxygens (including phenoxy) is 10. The van der Waals surface area contributed by atoms with Gasteiger partial charge in [-0.05, 0) is 57.3 Å². The summed E-state index contributed by atoms with van der Waals surface area (Å²) in [6.07, 6.45) is -31.2. The van der Waals surface area contributed by atoms with Gasteiger partial charge in [-0.3, -0.25) is 0 Å². The molecule has 0 unspecified atom stereocenters. The van der Waals surface area contributed by atoms with Gasteiger partial charge in [0.2, 0.25) is 0 Å². The van der Waals surface area contributed by atoms with E-state index >= 15 is 0 Å². The third-order valence-electron chi connectivity index (χ3n) is 19.7. The minimum atomic E-state index is -1.86. The maximum Gasteiger partial charge on any atom is 0.200 e. The Bertz CT molecular complexity index is 2010. The molecule has 34 atom stereocenters. The van der Waals surface area contributed by atoms with E-state index in [1.807, 2.05) is 20.8 Å². The number of aliphatic hydroxyl groups excluding tert-OH is 14. The molecule has 0 amide bonds. The highest BCUT2D eigenvalue weighted by Crippen LogP contribution is 2.71. The summed E-state index contributed by atoms with van der Waals surface area (Å²) < 4.78 is 62.6. The molecule has 10 aliphatic rings. The van der Waals surface area contributed by atoms with Crippen molar-refractivity contribution in [2.45, 2.75) is 233 Å². The molecule has 0 aromatic carbocycles. The van der Waals surface area contributed by atoms with Crippen LogP contribution in [0.15, 0.2) is 11.6 Å². The van der Waals surface area contributed by atoms with Crippen LogP contribution in [0.5, 0.6) is 0 Å². The topological polar surface area (TPSA) is 376 Å². The molecule has 0 radical (unpaired) electrons. The first-order valence-electron chi connectivity index (χ1n) is 26.6. The molecule has 6 aliphatic heterocycles. The van der Waals surface area contributed by atoms with E-state index in [4.69, 9.17) is 47.4 Å². The summed E-state index contributed by atoms with van der Waals surface area (Å²) in [5.74, 6) is -3.28. The molecule has 4 aliphatic carbocycles. The molecule has 6 heterocycles. The van der Waals surface area contributed by atoms with Crippen LogP contribution in [0.25, 0.3) is 0 Å². The summed E-state index contributed by atoms with van der Waals surface area (Å²) in [5, 5.41) is 155. The molecule has 6 saturated heterocycles. The SMILES string of the molecule is C[C@@H]1CO[C@@]2(O[C@H]3C[C@H]4[C@H]5CC=C6C[C@@H](O)C[C@@H](O[C@@H]7O[C@H](CO)[C@@H](O)[C@H](O[C@@H]8OC[C@@H](O)[C@H](O)[C@H]8O)[C@H]7O[C@@H]7O[C@@H](C)[C@H](O)[C@@H](O)[C@H]7O)[C@]6(C)[C@H]5C[C@@H](O)[C@]4(C)[C@H]3[C@@H]2C)[C@@H](O)[C@H]1O[C@@H]1O[C@H](C)[C@H](O)[C@H](O)[C@H]1O. The van der Waals surface area contributed by atoms with Crippen molar-refractivity contribution in [1.29, 1.82) is 0 Å². The molecule has 3 saturated carbocycles. The van der Waals surface area contributed by atoms with Crippen molar-refractivity contribution in [3.05, 3.63) is 11.6 Å². The minimum absolute atomic E-state index is 0.0464. The van der Waals surface area contributed by atoms with Crippen LogP contribution in [-0.4, -0.2) is 250 Å². The first-order valence-corrected chi connectivity index (χ1v) is 26.6. The first-order chi connectivity index (χ1) is 34.9. The van der Waals surface area contributed by atoms with Crippen LogP contribution < -0.4 is 0 Å². The normalized spacial score (nSPS) is 59.6. The monoisotopic (exact) mass is 1060 g/mol. The Morgan fingerprint density at radius 3 is 1.85 bits per heavy atom. The molecule has 0 aromatic heterocycles. The molecule has 10 rings (SSSR count). The fourth-order valence-corrected chi connectivity index (χ4v) is 15.4. The van der Waals surface area contributed by atoms with Crippen molar-refractivity contribution in [2.75, 3.05) is 19.8 Å². The Hall–Kier alpha value is -1.22. The second kappa shape index (κ2) is 20.7. The third kappa shape index (κ3) is 8.81. The van der Waals surface area contributed by atoms with Crippen molar-refractivity contribution in [3.8, 4) is 0 Å². The quantitative estimate of drug-likeness (QED) is 0.0970. The molecule has 9 fully saturated rings. The summed E-state index contributed by atoms with van der Waals surface area (Å²) in [6.45, 7) is 9.69. The summed E-state index contributed by atoms with van der Waals surface area (Å²) in [4.78, 5) is 0. The number of rotatable bonds is 9. The molecular formula is C50H80O24. The van der Waals surface area contributed by atoms with Gasteiger partial charge in [-0.2, -0.15) is 0 Å². The van der Waals surface area contributed by atoms with Gasteiger partial charge in [-0.25, -0.2) is 0 Å². The average Bonchev–Trinajstić information content (AvgIpc) is 3.83. The van der Waals surface area contributed by atoms with E-state index in [1.165, 1.54) is 6.92 Å². The Labute approximate surface area is 428 Å². The smallest absolute Gasteiger partial charge is 0.200 e. The Morgan fingerprint density at radius 1 is 0.608 bits per heavy atom. The molecule has 1 spiro atoms. The van der Waals surface area contributed by atoms with Crippen molar-refractivity contribution >= 4 is 0 Å². The number of fused-ring (bicyclic) bond motifs is 7. The summed E-state index contributed by atoms with van der Waals surface area (Å²) in [5.41, 5.74) is -0.807. The largest absolute Gasteiger partial charge is 0.394 e. The van der Waals surface area contributed by atoms with E-state index in [2.05, 4.69) is 13.0 Å². The third-order valence-corrected chi connectivity index (χ3v) is 19.7. The minimum Gasteiger partial charge on any atom is -0.394 e. The van der Waals surface area contributed by atoms with Crippen molar-refractivity contribution in [1.82, 2.24) is 0 Å². The Balaban J connectivity index is 0.927. The summed E-state index contributed by atoms with van der Waals surface area (Å²) in [7, 11) is 0. The second-order valence-corrected chi connectivity index (χ2v) is 23.8. The van der Waals surface area contributed by atoms with Gasteiger partial charge in [0.1, 0.15) is 85.5 Å². The van der Waals surface area contributed by atoms with Gasteiger partial charge in [0.05, 0.1) is 62.5 Å². The van der Waals surface area contributed by atoms with Gasteiger partial charge in [-0.15, -0.1) is 0 Å². The van der Waals surface area contributed by atoms with Gasteiger partial charge in [0.25, 0.3) is 0 Å². The number of hydrogen-bond donors (Lipinski definition) is 14. The number of allylic oxidation sites excluding steroid dienone is 1. The van der Waals surface area contributed by atoms with Gasteiger partial charge in [0, 0.05) is 35.0 Å². The van der Waals surface area contributed by atoms with Crippen LogP contribution in [0, 0.1) is 46.3 Å². The predicted octanol–water partition coefficient (Wildman–Crippen LogP) is -4.41. The highest BCUT2D eigenvalue weighted by molar-refractivity contribution is 5.30. The van der Waals surface area contributed by atoms with Gasteiger partial charge >= 0.3 is 0 Å². The highest BCUT2D eigenvalue weighted by Gasteiger charge is 2.74. The lowest BCUT2D eigenvalue weighted by Gasteiger charge is -2.62. The van der Waals surface area contributed by atoms with Crippen molar-refractivity contribution in [3.63, 3.8) is 0 Å². The maximum absolute atomic E-state index is 12.8. The van der Waals surface area contributed by atoms with Crippen LogP contribution in [0.1, 0.15) is 73.6 Å². The molecule has 0 bridgehead atoms. The zero-order valence-corrected chi connectivity index (χ0v) is 42.5. The van der Waals surface area contributed by atoms with Crippen LogP contribution in [0.3, 0.4) is 0 Å². The van der Waals surface area contributed by atoms with Crippen molar-refractivity contribution < 1.29 is 119 Å². The molecule has 424 valence electrons.